The van der Waals surface area contributed by atoms with E-state index in [2.05, 4.69) is 43.3 Å². The maximum Gasteiger partial charge on any atom is 0.337 e. The first-order valence-electron chi connectivity index (χ1n) is 11.8. The van der Waals surface area contributed by atoms with Crippen molar-refractivity contribution in [2.45, 2.75) is 52.1 Å². The van der Waals surface area contributed by atoms with Gasteiger partial charge in [0.25, 0.3) is 0 Å². The maximum absolute atomic E-state index is 11.5. The second-order valence-corrected chi connectivity index (χ2v) is 8.14. The summed E-state index contributed by atoms with van der Waals surface area (Å²) in [5.41, 5.74) is 3.90. The van der Waals surface area contributed by atoms with E-state index in [0.717, 1.165) is 35.5 Å². The molecule has 0 saturated heterocycles. The zero-order valence-corrected chi connectivity index (χ0v) is 19.7. The summed E-state index contributed by atoms with van der Waals surface area (Å²) in [6.45, 7) is 3.49. The maximum atomic E-state index is 11.5. The zero-order valence-electron chi connectivity index (χ0n) is 19.7. The molecule has 0 aliphatic rings. The van der Waals surface area contributed by atoms with Gasteiger partial charge in [0, 0.05) is 0 Å². The Morgan fingerprint density at radius 3 is 1.85 bits per heavy atom. The van der Waals surface area contributed by atoms with Crippen molar-refractivity contribution in [2.75, 3.05) is 13.7 Å². The molecule has 0 aliphatic heterocycles. The summed E-state index contributed by atoms with van der Waals surface area (Å²) in [6.07, 6.45) is 7.62. The van der Waals surface area contributed by atoms with Crippen LogP contribution < -0.4 is 9.47 Å². The first kappa shape index (κ1) is 24.4. The molecule has 174 valence electrons. The normalized spacial score (nSPS) is 10.6. The van der Waals surface area contributed by atoms with E-state index in [1.54, 1.807) is 24.3 Å². The quantitative estimate of drug-likeness (QED) is 0.202. The van der Waals surface area contributed by atoms with Crippen LogP contribution in [0.2, 0.25) is 0 Å². The summed E-state index contributed by atoms with van der Waals surface area (Å²) in [5, 5.41) is 0. The summed E-state index contributed by atoms with van der Waals surface area (Å²) in [6, 6.07) is 23.6. The Bertz CT molecular complexity index is 960. The van der Waals surface area contributed by atoms with Crippen molar-refractivity contribution >= 4 is 5.97 Å². The third-order valence-electron chi connectivity index (χ3n) is 5.59. The van der Waals surface area contributed by atoms with Crippen LogP contribution in [0.3, 0.4) is 0 Å². The van der Waals surface area contributed by atoms with Gasteiger partial charge in [-0.3, -0.25) is 0 Å². The molecule has 0 aromatic heterocycles. The minimum absolute atomic E-state index is 0.352. The van der Waals surface area contributed by atoms with Gasteiger partial charge in [0.15, 0.2) is 0 Å². The van der Waals surface area contributed by atoms with Crippen LogP contribution in [0.25, 0.3) is 11.1 Å². The van der Waals surface area contributed by atoms with E-state index in [9.17, 15) is 4.79 Å². The smallest absolute Gasteiger partial charge is 0.337 e. The standard InChI is InChI=1S/C29H34O4/c1-3-4-5-6-7-8-21-32-27-17-13-25(14-18-27)24-11-9-23(10-12-24)22-33-28-19-15-26(16-20-28)29(30)31-2/h9-20H,3-8,21-22H2,1-2H3. The number of hydrogen-bond acceptors (Lipinski definition) is 4. The molecule has 0 fully saturated rings. The lowest BCUT2D eigenvalue weighted by Crippen LogP contribution is -2.01. The average Bonchev–Trinajstić information content (AvgIpc) is 2.87. The fourth-order valence-corrected chi connectivity index (χ4v) is 3.58. The molecule has 3 aromatic rings. The molecule has 3 aromatic carbocycles. The Morgan fingerprint density at radius 2 is 1.21 bits per heavy atom. The van der Waals surface area contributed by atoms with Crippen LogP contribution in [-0.4, -0.2) is 19.7 Å². The zero-order chi connectivity index (χ0) is 23.3. The van der Waals surface area contributed by atoms with Gasteiger partial charge in [0.2, 0.25) is 0 Å². The topological polar surface area (TPSA) is 44.8 Å². The van der Waals surface area contributed by atoms with Crippen molar-refractivity contribution in [1.29, 1.82) is 0 Å². The summed E-state index contributed by atoms with van der Waals surface area (Å²) in [7, 11) is 1.37. The van der Waals surface area contributed by atoms with Crippen molar-refractivity contribution in [1.82, 2.24) is 0 Å². The molecule has 4 nitrogen and oxygen atoms in total. The van der Waals surface area contributed by atoms with Crippen molar-refractivity contribution in [3.05, 3.63) is 83.9 Å². The van der Waals surface area contributed by atoms with Gasteiger partial charge in [-0.15, -0.1) is 0 Å². The van der Waals surface area contributed by atoms with Gasteiger partial charge in [-0.25, -0.2) is 4.79 Å². The first-order chi connectivity index (χ1) is 16.2. The number of carbonyl (C=O) groups excluding carboxylic acids is 1. The predicted molar refractivity (Wildman–Crippen MR) is 133 cm³/mol. The van der Waals surface area contributed by atoms with E-state index < -0.39 is 0 Å². The Kier molecular flexibility index (Phi) is 9.84. The number of carbonyl (C=O) groups is 1. The van der Waals surface area contributed by atoms with E-state index in [0.29, 0.717) is 17.9 Å². The molecule has 0 amide bonds. The Morgan fingerprint density at radius 1 is 0.667 bits per heavy atom. The van der Waals surface area contributed by atoms with Gasteiger partial charge < -0.3 is 14.2 Å². The van der Waals surface area contributed by atoms with E-state index in [1.165, 1.54) is 39.2 Å². The lowest BCUT2D eigenvalue weighted by atomic mass is 10.0. The number of benzene rings is 3. The summed E-state index contributed by atoms with van der Waals surface area (Å²) in [5.74, 6) is 1.29. The molecule has 3 rings (SSSR count). The highest BCUT2D eigenvalue weighted by Gasteiger charge is 2.05. The third-order valence-corrected chi connectivity index (χ3v) is 5.59. The fourth-order valence-electron chi connectivity index (χ4n) is 3.58. The van der Waals surface area contributed by atoms with E-state index in [-0.39, 0.29) is 5.97 Å². The van der Waals surface area contributed by atoms with Crippen LogP contribution in [0.4, 0.5) is 0 Å². The Hall–Kier alpha value is -3.27. The molecular formula is C29H34O4. The first-order valence-corrected chi connectivity index (χ1v) is 11.8. The lowest BCUT2D eigenvalue weighted by Gasteiger charge is -2.09. The molecule has 0 radical (unpaired) electrons. The number of unbranched alkanes of at least 4 members (excludes halogenated alkanes) is 5. The monoisotopic (exact) mass is 446 g/mol. The molecule has 0 atom stereocenters. The highest BCUT2D eigenvalue weighted by Crippen LogP contribution is 2.24. The van der Waals surface area contributed by atoms with Gasteiger partial charge >= 0.3 is 5.97 Å². The van der Waals surface area contributed by atoms with Crippen LogP contribution in [-0.2, 0) is 11.3 Å². The molecule has 0 spiro atoms. The molecule has 0 aliphatic carbocycles. The summed E-state index contributed by atoms with van der Waals surface area (Å²) < 4.78 is 16.4. The second-order valence-electron chi connectivity index (χ2n) is 8.14. The minimum atomic E-state index is -0.352. The van der Waals surface area contributed by atoms with Gasteiger partial charge in [-0.1, -0.05) is 75.4 Å². The summed E-state index contributed by atoms with van der Waals surface area (Å²) >= 11 is 0. The number of methoxy groups -OCH3 is 1. The van der Waals surface area contributed by atoms with Crippen molar-refractivity contribution in [2.24, 2.45) is 0 Å². The van der Waals surface area contributed by atoms with Gasteiger partial charge in [-0.2, -0.15) is 0 Å². The van der Waals surface area contributed by atoms with Gasteiger partial charge in [0.1, 0.15) is 18.1 Å². The third kappa shape index (κ3) is 7.98. The number of rotatable bonds is 13. The van der Waals surface area contributed by atoms with Crippen LogP contribution in [0.1, 0.15) is 61.4 Å². The van der Waals surface area contributed by atoms with Crippen LogP contribution >= 0.6 is 0 Å². The highest BCUT2D eigenvalue weighted by atomic mass is 16.5. The van der Waals surface area contributed by atoms with Crippen LogP contribution in [0, 0.1) is 0 Å². The van der Waals surface area contributed by atoms with E-state index in [4.69, 9.17) is 14.2 Å². The molecule has 0 saturated carbocycles. The Balaban J connectivity index is 1.44. The molecule has 0 N–H and O–H groups in total. The number of hydrogen-bond donors (Lipinski definition) is 0. The number of esters is 1. The SMILES string of the molecule is CCCCCCCCOc1ccc(-c2ccc(COc3ccc(C(=O)OC)cc3)cc2)cc1. The van der Waals surface area contributed by atoms with Gasteiger partial charge in [-0.05, 0) is 59.5 Å². The second kappa shape index (κ2) is 13.3. The minimum Gasteiger partial charge on any atom is -0.494 e. The van der Waals surface area contributed by atoms with Crippen molar-refractivity contribution in [3.63, 3.8) is 0 Å². The van der Waals surface area contributed by atoms with E-state index >= 15 is 0 Å². The van der Waals surface area contributed by atoms with Crippen molar-refractivity contribution < 1.29 is 19.0 Å². The van der Waals surface area contributed by atoms with Crippen LogP contribution in [0.15, 0.2) is 72.8 Å². The number of ether oxygens (including phenoxy) is 3. The molecule has 0 bridgehead atoms. The predicted octanol–water partition coefficient (Wildman–Crippen LogP) is 7.46. The fraction of sp³-hybridized carbons (Fsp3) is 0.345. The van der Waals surface area contributed by atoms with Gasteiger partial charge in [0.05, 0.1) is 19.3 Å². The molecule has 33 heavy (non-hydrogen) atoms. The van der Waals surface area contributed by atoms with E-state index in [1.807, 2.05) is 12.1 Å². The van der Waals surface area contributed by atoms with Crippen LogP contribution in [0.5, 0.6) is 11.5 Å². The Labute approximate surface area is 197 Å². The summed E-state index contributed by atoms with van der Waals surface area (Å²) in [4.78, 5) is 11.5. The largest absolute Gasteiger partial charge is 0.494 e. The molecular weight excluding hydrogens is 412 g/mol. The van der Waals surface area contributed by atoms with Crippen molar-refractivity contribution in [3.8, 4) is 22.6 Å². The molecule has 0 unspecified atom stereocenters. The highest BCUT2D eigenvalue weighted by molar-refractivity contribution is 5.89. The molecule has 4 heteroatoms. The molecule has 0 heterocycles. The lowest BCUT2D eigenvalue weighted by molar-refractivity contribution is 0.0600. The average molecular weight is 447 g/mol.